The fourth-order valence-electron chi connectivity index (χ4n) is 3.72. The molecule has 2 aromatic carbocycles. The number of anilines is 1. The number of aromatic nitrogens is 2. The lowest BCUT2D eigenvalue weighted by Gasteiger charge is -2.10. The van der Waals surface area contributed by atoms with Crippen LogP contribution in [0.1, 0.15) is 64.9 Å². The summed E-state index contributed by atoms with van der Waals surface area (Å²) >= 11 is 0. The molecule has 0 aliphatic carbocycles. The van der Waals surface area contributed by atoms with Crippen LogP contribution in [0.15, 0.2) is 42.5 Å². The summed E-state index contributed by atoms with van der Waals surface area (Å²) in [7, 11) is 0. The average Bonchev–Trinajstić information content (AvgIpc) is 3.36. The SMILES string of the molecule is C.CC(C)c1nn(-c2ccc(CNC(=O)c3cccc4c3OCC4)cc2)c(C(N)=O)c1N. The molecule has 1 aromatic heterocycles. The number of benzene rings is 2. The lowest BCUT2D eigenvalue weighted by molar-refractivity contribution is 0.0946. The number of ether oxygens (including phenoxy) is 1. The molecule has 0 radical (unpaired) electrons. The number of amides is 2. The van der Waals surface area contributed by atoms with Crippen LogP contribution in [-0.2, 0) is 13.0 Å². The van der Waals surface area contributed by atoms with Crippen molar-refractivity contribution >= 4 is 17.5 Å². The minimum Gasteiger partial charge on any atom is -0.492 e. The maximum atomic E-state index is 12.6. The molecule has 0 saturated carbocycles. The van der Waals surface area contributed by atoms with E-state index >= 15 is 0 Å². The zero-order chi connectivity index (χ0) is 22.1. The standard InChI is InChI=1S/C23H25N5O3.CH4/c1-13(2)19-18(24)20(22(25)29)28(27-19)16-8-6-14(7-9-16)12-26-23(30)17-5-3-4-15-10-11-31-21(15)17;/h3-9,13H,10-12,24H2,1-2H3,(H2,25,29)(H,26,30);1H4. The number of carbonyl (C=O) groups excluding carboxylic acids is 2. The number of fused-ring (bicyclic) bond motifs is 1. The van der Waals surface area contributed by atoms with E-state index in [0.29, 0.717) is 41.5 Å². The third kappa shape index (κ3) is 4.16. The highest BCUT2D eigenvalue weighted by Crippen LogP contribution is 2.29. The van der Waals surface area contributed by atoms with Crippen LogP contribution in [-0.4, -0.2) is 28.2 Å². The molecular weight excluding hydrogens is 406 g/mol. The van der Waals surface area contributed by atoms with E-state index in [2.05, 4.69) is 10.4 Å². The number of nitrogens with two attached hydrogens (primary N) is 2. The Morgan fingerprint density at radius 1 is 1.19 bits per heavy atom. The maximum Gasteiger partial charge on any atom is 0.269 e. The minimum absolute atomic E-state index is 0. The lowest BCUT2D eigenvalue weighted by Crippen LogP contribution is -2.23. The molecule has 0 fully saturated rings. The van der Waals surface area contributed by atoms with Crippen LogP contribution in [0.3, 0.4) is 0 Å². The Balaban J connectivity index is 0.00000289. The Morgan fingerprint density at radius 3 is 2.56 bits per heavy atom. The molecule has 1 aliphatic heterocycles. The van der Waals surface area contributed by atoms with E-state index in [1.807, 2.05) is 50.2 Å². The topological polar surface area (TPSA) is 125 Å². The molecule has 0 saturated heterocycles. The fourth-order valence-corrected chi connectivity index (χ4v) is 3.72. The number of para-hydroxylation sites is 1. The van der Waals surface area contributed by atoms with Crippen molar-refractivity contribution in [2.24, 2.45) is 5.73 Å². The van der Waals surface area contributed by atoms with E-state index in [9.17, 15) is 9.59 Å². The monoisotopic (exact) mass is 435 g/mol. The number of rotatable bonds is 6. The van der Waals surface area contributed by atoms with Crippen molar-refractivity contribution in [1.29, 1.82) is 0 Å². The Hall–Kier alpha value is -3.81. The van der Waals surface area contributed by atoms with E-state index in [0.717, 1.165) is 17.5 Å². The highest BCUT2D eigenvalue weighted by molar-refractivity contribution is 5.98. The molecule has 0 spiro atoms. The van der Waals surface area contributed by atoms with Gasteiger partial charge < -0.3 is 21.5 Å². The van der Waals surface area contributed by atoms with E-state index in [1.165, 1.54) is 4.68 Å². The largest absolute Gasteiger partial charge is 0.492 e. The molecule has 0 bridgehead atoms. The summed E-state index contributed by atoms with van der Waals surface area (Å²) in [4.78, 5) is 24.6. The number of hydrogen-bond donors (Lipinski definition) is 3. The highest BCUT2D eigenvalue weighted by Gasteiger charge is 2.23. The van der Waals surface area contributed by atoms with Crippen LogP contribution in [0.25, 0.3) is 5.69 Å². The van der Waals surface area contributed by atoms with Crippen molar-refractivity contribution in [3.8, 4) is 11.4 Å². The highest BCUT2D eigenvalue weighted by atomic mass is 16.5. The Labute approximate surface area is 187 Å². The first-order valence-electron chi connectivity index (χ1n) is 10.2. The van der Waals surface area contributed by atoms with Gasteiger partial charge in [0.25, 0.3) is 11.8 Å². The van der Waals surface area contributed by atoms with Gasteiger partial charge in [-0.1, -0.05) is 45.5 Å². The summed E-state index contributed by atoms with van der Waals surface area (Å²) in [6.45, 7) is 4.86. The van der Waals surface area contributed by atoms with Crippen molar-refractivity contribution in [2.75, 3.05) is 12.3 Å². The van der Waals surface area contributed by atoms with E-state index < -0.39 is 5.91 Å². The molecule has 4 rings (SSSR count). The summed E-state index contributed by atoms with van der Waals surface area (Å²) in [5, 5.41) is 7.41. The first-order valence-corrected chi connectivity index (χ1v) is 10.2. The quantitative estimate of drug-likeness (QED) is 0.548. The number of nitrogen functional groups attached to an aromatic ring is 1. The van der Waals surface area contributed by atoms with Gasteiger partial charge >= 0.3 is 0 Å². The predicted molar refractivity (Wildman–Crippen MR) is 124 cm³/mol. The number of carbonyl (C=O) groups is 2. The van der Waals surface area contributed by atoms with Gasteiger partial charge in [0.15, 0.2) is 5.69 Å². The van der Waals surface area contributed by atoms with Gasteiger partial charge in [0.05, 0.1) is 29.2 Å². The van der Waals surface area contributed by atoms with Crippen molar-refractivity contribution in [1.82, 2.24) is 15.1 Å². The zero-order valence-corrected chi connectivity index (χ0v) is 17.5. The van der Waals surface area contributed by atoms with E-state index in [4.69, 9.17) is 16.2 Å². The molecule has 8 heteroatoms. The summed E-state index contributed by atoms with van der Waals surface area (Å²) in [5.74, 6) is -0.0880. The van der Waals surface area contributed by atoms with Crippen LogP contribution in [0.2, 0.25) is 0 Å². The molecule has 8 nitrogen and oxygen atoms in total. The number of primary amides is 1. The first kappa shape index (κ1) is 22.9. The molecule has 5 N–H and O–H groups in total. The molecule has 32 heavy (non-hydrogen) atoms. The van der Waals surface area contributed by atoms with Crippen molar-refractivity contribution in [3.63, 3.8) is 0 Å². The summed E-state index contributed by atoms with van der Waals surface area (Å²) in [6, 6.07) is 13.0. The van der Waals surface area contributed by atoms with E-state index in [-0.39, 0.29) is 24.9 Å². The Bertz CT molecular complexity index is 1150. The van der Waals surface area contributed by atoms with Gasteiger partial charge in [0.1, 0.15) is 5.75 Å². The molecular formula is C24H29N5O3. The summed E-state index contributed by atoms with van der Waals surface area (Å²) < 4.78 is 7.08. The Morgan fingerprint density at radius 2 is 1.91 bits per heavy atom. The second-order valence-corrected chi connectivity index (χ2v) is 7.82. The third-order valence-corrected chi connectivity index (χ3v) is 5.32. The van der Waals surface area contributed by atoms with Crippen molar-refractivity contribution in [2.45, 2.75) is 40.2 Å². The van der Waals surface area contributed by atoms with Gasteiger partial charge in [-0.25, -0.2) is 4.68 Å². The molecule has 168 valence electrons. The molecule has 1 aliphatic rings. The third-order valence-electron chi connectivity index (χ3n) is 5.32. The smallest absolute Gasteiger partial charge is 0.269 e. The lowest BCUT2D eigenvalue weighted by atomic mass is 10.1. The van der Waals surface area contributed by atoms with Crippen LogP contribution < -0.4 is 21.5 Å². The summed E-state index contributed by atoms with van der Waals surface area (Å²) in [6.07, 6.45) is 0.821. The zero-order valence-electron chi connectivity index (χ0n) is 17.5. The van der Waals surface area contributed by atoms with Gasteiger partial charge in [-0.15, -0.1) is 0 Å². The van der Waals surface area contributed by atoms with Gasteiger partial charge in [-0.2, -0.15) is 5.10 Å². The normalized spacial score (nSPS) is 12.1. The van der Waals surface area contributed by atoms with Crippen LogP contribution in [0, 0.1) is 0 Å². The molecule has 2 amide bonds. The van der Waals surface area contributed by atoms with Crippen molar-refractivity contribution in [3.05, 3.63) is 70.5 Å². The second kappa shape index (κ2) is 9.13. The number of nitrogens with one attached hydrogen (secondary N) is 1. The van der Waals surface area contributed by atoms with E-state index in [1.54, 1.807) is 6.07 Å². The van der Waals surface area contributed by atoms with Gasteiger partial charge in [0, 0.05) is 13.0 Å². The molecule has 0 atom stereocenters. The van der Waals surface area contributed by atoms with Gasteiger partial charge in [-0.3, -0.25) is 9.59 Å². The average molecular weight is 436 g/mol. The second-order valence-electron chi connectivity index (χ2n) is 7.82. The fraction of sp³-hybridized carbons (Fsp3) is 0.292. The van der Waals surface area contributed by atoms with Gasteiger partial charge in [-0.05, 0) is 35.2 Å². The van der Waals surface area contributed by atoms with Gasteiger partial charge in [0.2, 0.25) is 0 Å². The molecule has 3 aromatic rings. The number of nitrogens with zero attached hydrogens (tertiary/aromatic N) is 2. The van der Waals surface area contributed by atoms with Crippen LogP contribution in [0.5, 0.6) is 5.75 Å². The predicted octanol–water partition coefficient (Wildman–Crippen LogP) is 3.18. The van der Waals surface area contributed by atoms with Crippen LogP contribution >= 0.6 is 0 Å². The molecule has 2 heterocycles. The minimum atomic E-state index is -0.633. The maximum absolute atomic E-state index is 12.6. The van der Waals surface area contributed by atoms with Crippen LogP contribution in [0.4, 0.5) is 5.69 Å². The van der Waals surface area contributed by atoms with Crippen molar-refractivity contribution < 1.29 is 14.3 Å². The summed E-state index contributed by atoms with van der Waals surface area (Å²) in [5.41, 5.74) is 15.9. The number of hydrogen-bond acceptors (Lipinski definition) is 5. The Kier molecular flexibility index (Phi) is 6.53. The first-order chi connectivity index (χ1) is 14.9. The molecule has 0 unspecified atom stereocenters.